The average molecular weight is 353 g/mol. The van der Waals surface area contributed by atoms with Gasteiger partial charge in [0.05, 0.1) is 13.2 Å². The van der Waals surface area contributed by atoms with Gasteiger partial charge in [-0.1, -0.05) is 29.8 Å². The van der Waals surface area contributed by atoms with Gasteiger partial charge in [0.1, 0.15) is 0 Å². The molecule has 0 aromatic heterocycles. The van der Waals surface area contributed by atoms with Crippen molar-refractivity contribution in [1.29, 1.82) is 0 Å². The van der Waals surface area contributed by atoms with Crippen molar-refractivity contribution in [2.75, 3.05) is 13.7 Å². The SMILES string of the molecule is COC(=O)CCCC(=O)N[C@H]1CC(=O)N(Cc2ccccc2Cl)C1. The molecule has 0 saturated carbocycles. The third kappa shape index (κ3) is 5.23. The number of amides is 2. The highest BCUT2D eigenvalue weighted by Gasteiger charge is 2.30. The first-order valence-corrected chi connectivity index (χ1v) is 8.24. The molecule has 0 radical (unpaired) electrons. The summed E-state index contributed by atoms with van der Waals surface area (Å²) in [6, 6.07) is 7.19. The summed E-state index contributed by atoms with van der Waals surface area (Å²) in [7, 11) is 1.32. The molecule has 6 nitrogen and oxygen atoms in total. The first kappa shape index (κ1) is 18.3. The van der Waals surface area contributed by atoms with E-state index in [-0.39, 0.29) is 43.1 Å². The monoisotopic (exact) mass is 352 g/mol. The minimum absolute atomic E-state index is 0.00483. The standard InChI is InChI=1S/C17H21ClN2O4/c1-24-17(23)8-4-7-15(21)19-13-9-16(22)20(11-13)10-12-5-2-3-6-14(12)18/h2-3,5-6,13H,4,7-11H2,1H3,(H,19,21)/t13-/m0/s1. The molecular formula is C17H21ClN2O4. The van der Waals surface area contributed by atoms with Gasteiger partial charge in [0.25, 0.3) is 0 Å². The molecule has 1 N–H and O–H groups in total. The Labute approximate surface area is 146 Å². The summed E-state index contributed by atoms with van der Waals surface area (Å²) < 4.78 is 4.53. The van der Waals surface area contributed by atoms with Crippen LogP contribution in [-0.4, -0.2) is 42.4 Å². The number of benzene rings is 1. The maximum absolute atomic E-state index is 12.1. The molecule has 0 aliphatic carbocycles. The van der Waals surface area contributed by atoms with Crippen LogP contribution in [0, 0.1) is 0 Å². The summed E-state index contributed by atoms with van der Waals surface area (Å²) in [6.45, 7) is 0.903. The van der Waals surface area contributed by atoms with Crippen molar-refractivity contribution >= 4 is 29.4 Å². The molecule has 2 amide bonds. The highest BCUT2D eigenvalue weighted by Crippen LogP contribution is 2.20. The van der Waals surface area contributed by atoms with Crippen molar-refractivity contribution in [2.24, 2.45) is 0 Å². The molecule has 1 saturated heterocycles. The maximum Gasteiger partial charge on any atom is 0.305 e. The van der Waals surface area contributed by atoms with Crippen molar-refractivity contribution in [3.63, 3.8) is 0 Å². The fourth-order valence-electron chi connectivity index (χ4n) is 2.65. The van der Waals surface area contributed by atoms with E-state index in [2.05, 4.69) is 10.1 Å². The van der Waals surface area contributed by atoms with E-state index >= 15 is 0 Å². The van der Waals surface area contributed by atoms with Crippen molar-refractivity contribution in [2.45, 2.75) is 38.3 Å². The Kier molecular flexibility index (Phi) is 6.61. The Morgan fingerprint density at radius 2 is 2.08 bits per heavy atom. The van der Waals surface area contributed by atoms with E-state index in [4.69, 9.17) is 11.6 Å². The van der Waals surface area contributed by atoms with Crippen LogP contribution in [0.3, 0.4) is 0 Å². The highest BCUT2D eigenvalue weighted by molar-refractivity contribution is 6.31. The smallest absolute Gasteiger partial charge is 0.305 e. The zero-order valence-corrected chi connectivity index (χ0v) is 14.3. The minimum atomic E-state index is -0.329. The Morgan fingerprint density at radius 1 is 1.33 bits per heavy atom. The second-order valence-corrected chi connectivity index (χ2v) is 6.17. The quantitative estimate of drug-likeness (QED) is 0.760. The predicted octanol–water partition coefficient (Wildman–Crippen LogP) is 1.90. The molecule has 1 atom stereocenters. The Hall–Kier alpha value is -2.08. The zero-order chi connectivity index (χ0) is 17.5. The number of methoxy groups -OCH3 is 1. The zero-order valence-electron chi connectivity index (χ0n) is 13.6. The van der Waals surface area contributed by atoms with E-state index in [1.54, 1.807) is 11.0 Å². The number of carbonyl (C=O) groups is 3. The number of halogens is 1. The lowest BCUT2D eigenvalue weighted by Gasteiger charge is -2.18. The Balaban J connectivity index is 1.78. The first-order valence-electron chi connectivity index (χ1n) is 7.87. The fraction of sp³-hybridized carbons (Fsp3) is 0.471. The molecule has 130 valence electrons. The van der Waals surface area contributed by atoms with Crippen molar-refractivity contribution in [3.8, 4) is 0 Å². The highest BCUT2D eigenvalue weighted by atomic mass is 35.5. The summed E-state index contributed by atoms with van der Waals surface area (Å²) in [6.07, 6.45) is 1.17. The Bertz CT molecular complexity index is 620. The number of esters is 1. The van der Waals surface area contributed by atoms with Gasteiger partial charge in [-0.2, -0.15) is 0 Å². The molecule has 1 aliphatic rings. The van der Waals surface area contributed by atoms with E-state index in [0.29, 0.717) is 24.5 Å². The number of hydrogen-bond donors (Lipinski definition) is 1. The maximum atomic E-state index is 12.1. The topological polar surface area (TPSA) is 75.7 Å². The van der Waals surface area contributed by atoms with Crippen LogP contribution in [0.5, 0.6) is 0 Å². The normalized spacial score (nSPS) is 17.0. The molecule has 1 fully saturated rings. The lowest BCUT2D eigenvalue weighted by atomic mass is 10.2. The Morgan fingerprint density at radius 3 is 2.79 bits per heavy atom. The lowest BCUT2D eigenvalue weighted by Crippen LogP contribution is -2.37. The number of rotatable bonds is 7. The second-order valence-electron chi connectivity index (χ2n) is 5.76. The molecule has 7 heteroatoms. The van der Waals surface area contributed by atoms with Gasteiger partial charge in [-0.15, -0.1) is 0 Å². The van der Waals surface area contributed by atoms with Crippen molar-refractivity contribution in [3.05, 3.63) is 34.9 Å². The van der Waals surface area contributed by atoms with E-state index < -0.39 is 0 Å². The summed E-state index contributed by atoms with van der Waals surface area (Å²) >= 11 is 6.12. The van der Waals surface area contributed by atoms with Gasteiger partial charge in [-0.05, 0) is 18.1 Å². The van der Waals surface area contributed by atoms with Crippen LogP contribution < -0.4 is 5.32 Å². The van der Waals surface area contributed by atoms with Crippen LogP contribution in [0.15, 0.2) is 24.3 Å². The van der Waals surface area contributed by atoms with Gasteiger partial charge in [-0.3, -0.25) is 14.4 Å². The van der Waals surface area contributed by atoms with Crippen molar-refractivity contribution in [1.82, 2.24) is 10.2 Å². The number of hydrogen-bond acceptors (Lipinski definition) is 4. The number of nitrogens with one attached hydrogen (secondary N) is 1. The van der Waals surface area contributed by atoms with E-state index in [1.807, 2.05) is 18.2 Å². The molecular weight excluding hydrogens is 332 g/mol. The largest absolute Gasteiger partial charge is 0.469 e. The molecule has 2 rings (SSSR count). The van der Waals surface area contributed by atoms with Crippen LogP contribution in [-0.2, 0) is 25.7 Å². The van der Waals surface area contributed by atoms with Crippen molar-refractivity contribution < 1.29 is 19.1 Å². The molecule has 0 bridgehead atoms. The average Bonchev–Trinajstić information content (AvgIpc) is 2.88. The second kappa shape index (κ2) is 8.68. The number of nitrogens with zero attached hydrogens (tertiary/aromatic N) is 1. The summed E-state index contributed by atoms with van der Waals surface area (Å²) in [5.74, 6) is -0.490. The van der Waals surface area contributed by atoms with Gasteiger partial charge in [0, 0.05) is 37.4 Å². The van der Waals surface area contributed by atoms with Crippen LogP contribution in [0.25, 0.3) is 0 Å². The molecule has 0 unspecified atom stereocenters. The van der Waals surface area contributed by atoms with Crippen LogP contribution in [0.2, 0.25) is 5.02 Å². The van der Waals surface area contributed by atoms with E-state index in [9.17, 15) is 14.4 Å². The number of likely N-dealkylation sites (tertiary alicyclic amines) is 1. The number of ether oxygens (including phenoxy) is 1. The van der Waals surface area contributed by atoms with E-state index in [0.717, 1.165) is 5.56 Å². The van der Waals surface area contributed by atoms with Crippen LogP contribution >= 0.6 is 11.6 Å². The predicted molar refractivity (Wildman–Crippen MR) is 89.3 cm³/mol. The van der Waals surface area contributed by atoms with E-state index in [1.165, 1.54) is 7.11 Å². The van der Waals surface area contributed by atoms with Gasteiger partial charge in [0.15, 0.2) is 0 Å². The minimum Gasteiger partial charge on any atom is -0.469 e. The third-order valence-corrected chi connectivity index (χ3v) is 4.28. The summed E-state index contributed by atoms with van der Waals surface area (Å²) in [5, 5.41) is 3.47. The molecule has 0 spiro atoms. The van der Waals surface area contributed by atoms with Crippen LogP contribution in [0.1, 0.15) is 31.2 Å². The fourth-order valence-corrected chi connectivity index (χ4v) is 2.84. The molecule has 1 aromatic rings. The van der Waals surface area contributed by atoms with Gasteiger partial charge >= 0.3 is 5.97 Å². The summed E-state index contributed by atoms with van der Waals surface area (Å²) in [5.41, 5.74) is 0.887. The molecule has 1 heterocycles. The third-order valence-electron chi connectivity index (χ3n) is 3.91. The lowest BCUT2D eigenvalue weighted by molar-refractivity contribution is -0.140. The molecule has 1 aromatic carbocycles. The summed E-state index contributed by atoms with van der Waals surface area (Å²) in [4.78, 5) is 36.7. The number of carbonyl (C=O) groups excluding carboxylic acids is 3. The van der Waals surface area contributed by atoms with Gasteiger partial charge in [0.2, 0.25) is 11.8 Å². The van der Waals surface area contributed by atoms with Gasteiger partial charge in [-0.25, -0.2) is 0 Å². The first-order chi connectivity index (χ1) is 11.5. The van der Waals surface area contributed by atoms with Gasteiger partial charge < -0.3 is 15.0 Å². The molecule has 24 heavy (non-hydrogen) atoms. The van der Waals surface area contributed by atoms with Crippen LogP contribution in [0.4, 0.5) is 0 Å². The molecule has 1 aliphatic heterocycles.